The molecular formula is C18H16ClN3OS. The van der Waals surface area contributed by atoms with Crippen molar-refractivity contribution in [1.29, 1.82) is 0 Å². The van der Waals surface area contributed by atoms with E-state index in [0.717, 1.165) is 22.0 Å². The summed E-state index contributed by atoms with van der Waals surface area (Å²) >= 11 is 7.85. The van der Waals surface area contributed by atoms with Gasteiger partial charge in [-0.15, -0.1) is 11.3 Å². The molecule has 1 N–H and O–H groups in total. The van der Waals surface area contributed by atoms with Gasteiger partial charge in [-0.1, -0.05) is 17.7 Å². The molecule has 0 aliphatic rings. The molecule has 0 saturated heterocycles. The molecule has 24 heavy (non-hydrogen) atoms. The quantitative estimate of drug-likeness (QED) is 0.539. The Kier molecular flexibility index (Phi) is 4.83. The van der Waals surface area contributed by atoms with Crippen LogP contribution in [-0.4, -0.2) is 16.7 Å². The smallest absolute Gasteiger partial charge is 0.272 e. The average Bonchev–Trinajstić information content (AvgIpc) is 3.17. The van der Waals surface area contributed by atoms with Crippen LogP contribution in [0.1, 0.15) is 26.6 Å². The Bertz CT molecular complexity index is 878. The van der Waals surface area contributed by atoms with Crippen LogP contribution in [0.5, 0.6) is 0 Å². The third-order valence-electron chi connectivity index (χ3n) is 3.63. The zero-order valence-corrected chi connectivity index (χ0v) is 14.9. The maximum atomic E-state index is 12.2. The first-order valence-corrected chi connectivity index (χ1v) is 8.64. The van der Waals surface area contributed by atoms with Crippen LogP contribution in [0.4, 0.5) is 0 Å². The van der Waals surface area contributed by atoms with E-state index in [1.807, 2.05) is 49.6 Å². The van der Waals surface area contributed by atoms with Gasteiger partial charge in [0.1, 0.15) is 0 Å². The van der Waals surface area contributed by atoms with Crippen molar-refractivity contribution in [1.82, 2.24) is 9.99 Å². The number of carbonyl (C=O) groups is 1. The molecule has 0 aliphatic carbocycles. The Morgan fingerprint density at radius 1 is 1.21 bits per heavy atom. The summed E-state index contributed by atoms with van der Waals surface area (Å²) in [5.41, 5.74) is 6.05. The lowest BCUT2D eigenvalue weighted by molar-refractivity contribution is 0.0955. The minimum Gasteiger partial charge on any atom is -0.318 e. The summed E-state index contributed by atoms with van der Waals surface area (Å²) in [6.45, 7) is 4.06. The van der Waals surface area contributed by atoms with E-state index in [1.54, 1.807) is 29.7 Å². The highest BCUT2D eigenvalue weighted by Crippen LogP contribution is 2.23. The maximum Gasteiger partial charge on any atom is 0.272 e. The van der Waals surface area contributed by atoms with Crippen LogP contribution in [-0.2, 0) is 0 Å². The number of aromatic nitrogens is 1. The molecule has 2 aromatic heterocycles. The molecular weight excluding hydrogens is 342 g/mol. The number of aryl methyl sites for hydroxylation is 2. The fourth-order valence-corrected chi connectivity index (χ4v) is 3.33. The lowest BCUT2D eigenvalue weighted by Crippen LogP contribution is -2.18. The highest BCUT2D eigenvalue weighted by Gasteiger charge is 2.12. The van der Waals surface area contributed by atoms with Crippen molar-refractivity contribution in [3.05, 3.63) is 74.7 Å². The van der Waals surface area contributed by atoms with E-state index in [9.17, 15) is 4.79 Å². The number of nitrogens with one attached hydrogen (secondary N) is 1. The normalized spacial score (nSPS) is 11.1. The lowest BCUT2D eigenvalue weighted by atomic mass is 10.2. The van der Waals surface area contributed by atoms with Gasteiger partial charge < -0.3 is 4.57 Å². The Morgan fingerprint density at radius 3 is 2.58 bits per heavy atom. The van der Waals surface area contributed by atoms with Crippen molar-refractivity contribution < 1.29 is 4.79 Å². The SMILES string of the molecule is Cc1ccc(C)n1-c1ccc(C(=O)N/N=C\c2cccs2)c(Cl)c1. The van der Waals surface area contributed by atoms with Gasteiger partial charge in [0.2, 0.25) is 0 Å². The number of amides is 1. The molecule has 0 radical (unpaired) electrons. The predicted molar refractivity (Wildman–Crippen MR) is 99.6 cm³/mol. The van der Waals surface area contributed by atoms with Gasteiger partial charge in [0.05, 0.1) is 16.8 Å². The van der Waals surface area contributed by atoms with Crippen LogP contribution in [0.3, 0.4) is 0 Å². The molecule has 6 heteroatoms. The second kappa shape index (κ2) is 7.03. The molecule has 0 atom stereocenters. The van der Waals surface area contributed by atoms with Crippen LogP contribution >= 0.6 is 22.9 Å². The van der Waals surface area contributed by atoms with Crippen molar-refractivity contribution >= 4 is 35.1 Å². The van der Waals surface area contributed by atoms with Gasteiger partial charge in [-0.05, 0) is 55.6 Å². The number of thiophene rings is 1. The minimum atomic E-state index is -0.333. The highest BCUT2D eigenvalue weighted by molar-refractivity contribution is 7.11. The third-order valence-corrected chi connectivity index (χ3v) is 4.75. The Labute approximate surface area is 149 Å². The zero-order valence-electron chi connectivity index (χ0n) is 13.3. The summed E-state index contributed by atoms with van der Waals surface area (Å²) in [7, 11) is 0. The highest BCUT2D eigenvalue weighted by atomic mass is 35.5. The van der Waals surface area contributed by atoms with Crippen molar-refractivity contribution in [3.63, 3.8) is 0 Å². The monoisotopic (exact) mass is 357 g/mol. The van der Waals surface area contributed by atoms with Crippen LogP contribution < -0.4 is 5.43 Å². The van der Waals surface area contributed by atoms with Gasteiger partial charge in [0.15, 0.2) is 0 Å². The fraction of sp³-hybridized carbons (Fsp3) is 0.111. The molecule has 4 nitrogen and oxygen atoms in total. The number of carbonyl (C=O) groups excluding carboxylic acids is 1. The van der Waals surface area contributed by atoms with E-state index in [4.69, 9.17) is 11.6 Å². The molecule has 122 valence electrons. The molecule has 3 rings (SSSR count). The Hall–Kier alpha value is -2.37. The number of hydrogen-bond donors (Lipinski definition) is 1. The number of nitrogens with zero attached hydrogens (tertiary/aromatic N) is 2. The van der Waals surface area contributed by atoms with E-state index in [1.165, 1.54) is 0 Å². The van der Waals surface area contributed by atoms with Gasteiger partial charge in [-0.3, -0.25) is 4.79 Å². The van der Waals surface area contributed by atoms with Gasteiger partial charge in [0, 0.05) is 22.0 Å². The number of hydrazone groups is 1. The van der Waals surface area contributed by atoms with Crippen molar-refractivity contribution in [2.75, 3.05) is 0 Å². The molecule has 0 fully saturated rings. The van der Waals surface area contributed by atoms with Gasteiger partial charge in [0.25, 0.3) is 5.91 Å². The zero-order chi connectivity index (χ0) is 17.1. The second-order valence-electron chi connectivity index (χ2n) is 5.33. The molecule has 0 unspecified atom stereocenters. The summed E-state index contributed by atoms with van der Waals surface area (Å²) in [6, 6.07) is 13.3. The van der Waals surface area contributed by atoms with Crippen LogP contribution in [0.25, 0.3) is 5.69 Å². The van der Waals surface area contributed by atoms with E-state index >= 15 is 0 Å². The number of rotatable bonds is 4. The molecule has 0 spiro atoms. The summed E-state index contributed by atoms with van der Waals surface area (Å²) in [4.78, 5) is 13.2. The van der Waals surface area contributed by atoms with E-state index in [-0.39, 0.29) is 5.91 Å². The maximum absolute atomic E-state index is 12.2. The van der Waals surface area contributed by atoms with E-state index in [2.05, 4.69) is 15.1 Å². The first-order chi connectivity index (χ1) is 11.6. The molecule has 2 heterocycles. The van der Waals surface area contributed by atoms with Crippen molar-refractivity contribution in [2.45, 2.75) is 13.8 Å². The summed E-state index contributed by atoms with van der Waals surface area (Å²) in [5, 5.41) is 6.29. The summed E-state index contributed by atoms with van der Waals surface area (Å²) < 4.78 is 2.09. The topological polar surface area (TPSA) is 46.4 Å². The molecule has 1 aromatic carbocycles. The Morgan fingerprint density at radius 2 is 1.96 bits per heavy atom. The molecule has 3 aromatic rings. The van der Waals surface area contributed by atoms with Gasteiger partial charge in [-0.25, -0.2) is 5.43 Å². The average molecular weight is 358 g/mol. The van der Waals surface area contributed by atoms with Crippen molar-refractivity contribution in [2.24, 2.45) is 5.10 Å². The lowest BCUT2D eigenvalue weighted by Gasteiger charge is -2.11. The predicted octanol–water partition coefficient (Wildman–Crippen LogP) is 4.57. The number of halogens is 1. The van der Waals surface area contributed by atoms with Crippen LogP contribution in [0.2, 0.25) is 5.02 Å². The Balaban J connectivity index is 1.78. The summed E-state index contributed by atoms with van der Waals surface area (Å²) in [6.07, 6.45) is 1.61. The molecule has 0 aliphatic heterocycles. The fourth-order valence-electron chi connectivity index (χ4n) is 2.48. The first-order valence-electron chi connectivity index (χ1n) is 7.38. The second-order valence-corrected chi connectivity index (χ2v) is 6.72. The molecule has 1 amide bonds. The van der Waals surface area contributed by atoms with E-state index < -0.39 is 0 Å². The van der Waals surface area contributed by atoms with E-state index in [0.29, 0.717) is 10.6 Å². The molecule has 0 saturated carbocycles. The minimum absolute atomic E-state index is 0.333. The first kappa shape index (κ1) is 16.5. The van der Waals surface area contributed by atoms with Gasteiger partial charge >= 0.3 is 0 Å². The number of benzene rings is 1. The largest absolute Gasteiger partial charge is 0.318 e. The van der Waals surface area contributed by atoms with Crippen molar-refractivity contribution in [3.8, 4) is 5.69 Å². The van der Waals surface area contributed by atoms with Gasteiger partial charge in [-0.2, -0.15) is 5.10 Å². The summed E-state index contributed by atoms with van der Waals surface area (Å²) in [5.74, 6) is -0.333. The van der Waals surface area contributed by atoms with Crippen LogP contribution in [0.15, 0.2) is 52.9 Å². The number of hydrogen-bond acceptors (Lipinski definition) is 3. The van der Waals surface area contributed by atoms with Crippen LogP contribution in [0, 0.1) is 13.8 Å². The molecule has 0 bridgehead atoms. The third kappa shape index (κ3) is 3.42. The standard InChI is InChI=1S/C18H16ClN3OS/c1-12-5-6-13(2)22(12)14-7-8-16(17(19)10-14)18(23)21-20-11-15-4-3-9-24-15/h3-11H,1-2H3,(H,21,23)/b20-11-.